The summed E-state index contributed by atoms with van der Waals surface area (Å²) in [5.41, 5.74) is -0.726. The standard InChI is InChI=1S/C17H21F3N2O3S/c1-26(24,25)14-7-12(3-4-13(14)18)8-22-10-16(9-17(19,20)11-22)5-2-6-21-15(16)23/h3-4,7H,2,5-6,8-11H2,1H3,(H,21,23)/t16-/m0/s1. The van der Waals surface area contributed by atoms with Crippen LogP contribution >= 0.6 is 0 Å². The molecule has 2 heterocycles. The minimum atomic E-state index is -3.76. The van der Waals surface area contributed by atoms with Crippen LogP contribution in [0.25, 0.3) is 0 Å². The van der Waals surface area contributed by atoms with Gasteiger partial charge in [-0.2, -0.15) is 0 Å². The highest BCUT2D eigenvalue weighted by Crippen LogP contribution is 2.43. The topological polar surface area (TPSA) is 66.5 Å². The van der Waals surface area contributed by atoms with Crippen molar-refractivity contribution in [1.82, 2.24) is 10.2 Å². The van der Waals surface area contributed by atoms with E-state index in [9.17, 15) is 26.4 Å². The lowest BCUT2D eigenvalue weighted by Crippen LogP contribution is -2.59. The van der Waals surface area contributed by atoms with Crippen molar-refractivity contribution in [1.29, 1.82) is 0 Å². The Morgan fingerprint density at radius 1 is 1.27 bits per heavy atom. The van der Waals surface area contributed by atoms with Crippen LogP contribution in [0.5, 0.6) is 0 Å². The molecule has 3 rings (SSSR count). The predicted octanol–water partition coefficient (Wildman–Crippen LogP) is 1.97. The number of hydrogen-bond acceptors (Lipinski definition) is 4. The molecule has 2 aliphatic rings. The van der Waals surface area contributed by atoms with Crippen molar-refractivity contribution < 1.29 is 26.4 Å². The molecule has 0 saturated carbocycles. The quantitative estimate of drug-likeness (QED) is 0.857. The summed E-state index contributed by atoms with van der Waals surface area (Å²) in [4.78, 5) is 13.3. The predicted molar refractivity (Wildman–Crippen MR) is 89.0 cm³/mol. The van der Waals surface area contributed by atoms with Gasteiger partial charge in [0.15, 0.2) is 9.84 Å². The third kappa shape index (κ3) is 3.88. The number of hydrogen-bond donors (Lipinski definition) is 1. The van der Waals surface area contributed by atoms with Gasteiger partial charge in [0.25, 0.3) is 5.92 Å². The summed E-state index contributed by atoms with van der Waals surface area (Å²) in [5, 5.41) is 2.67. The van der Waals surface area contributed by atoms with Gasteiger partial charge in [-0.05, 0) is 30.5 Å². The molecule has 2 aliphatic heterocycles. The van der Waals surface area contributed by atoms with Crippen LogP contribution in [0.1, 0.15) is 24.8 Å². The number of carbonyl (C=O) groups is 1. The Kier molecular flexibility index (Phi) is 4.81. The Morgan fingerprint density at radius 3 is 2.65 bits per heavy atom. The molecule has 0 radical (unpaired) electrons. The van der Waals surface area contributed by atoms with Gasteiger partial charge in [0.05, 0.1) is 12.0 Å². The van der Waals surface area contributed by atoms with Crippen molar-refractivity contribution in [2.24, 2.45) is 5.41 Å². The van der Waals surface area contributed by atoms with Gasteiger partial charge < -0.3 is 5.32 Å². The lowest BCUT2D eigenvalue weighted by molar-refractivity contribution is -0.158. The molecule has 1 aromatic carbocycles. The maximum absolute atomic E-state index is 14.3. The molecule has 1 aromatic rings. The Balaban J connectivity index is 1.86. The van der Waals surface area contributed by atoms with Crippen LogP contribution in [-0.4, -0.2) is 51.0 Å². The molecule has 0 bridgehead atoms. The number of halogens is 3. The maximum Gasteiger partial charge on any atom is 0.261 e. The van der Waals surface area contributed by atoms with Gasteiger partial charge in [0.2, 0.25) is 5.91 Å². The lowest BCUT2D eigenvalue weighted by Gasteiger charge is -2.46. The molecule has 2 fully saturated rings. The summed E-state index contributed by atoms with van der Waals surface area (Å²) in [5.74, 6) is -4.25. The molecule has 144 valence electrons. The number of benzene rings is 1. The molecule has 2 saturated heterocycles. The van der Waals surface area contributed by atoms with E-state index < -0.39 is 44.9 Å². The van der Waals surface area contributed by atoms with E-state index in [1.165, 1.54) is 17.0 Å². The first kappa shape index (κ1) is 19.2. The summed E-state index contributed by atoms with van der Waals surface area (Å²) in [6, 6.07) is 3.58. The van der Waals surface area contributed by atoms with E-state index in [4.69, 9.17) is 0 Å². The first-order chi connectivity index (χ1) is 12.0. The first-order valence-corrected chi connectivity index (χ1v) is 10.3. The Labute approximate surface area is 150 Å². The van der Waals surface area contributed by atoms with Crippen molar-refractivity contribution in [3.8, 4) is 0 Å². The van der Waals surface area contributed by atoms with E-state index >= 15 is 0 Å². The number of sulfone groups is 1. The zero-order valence-corrected chi connectivity index (χ0v) is 15.2. The molecule has 0 unspecified atom stereocenters. The number of rotatable bonds is 3. The average molecular weight is 390 g/mol. The molecule has 26 heavy (non-hydrogen) atoms. The number of likely N-dealkylation sites (tertiary alicyclic amines) is 1. The number of nitrogens with zero attached hydrogens (tertiary/aromatic N) is 1. The zero-order chi connectivity index (χ0) is 19.2. The van der Waals surface area contributed by atoms with Crippen LogP contribution in [0, 0.1) is 11.2 Å². The van der Waals surface area contributed by atoms with E-state index in [1.54, 1.807) is 0 Å². The second-order valence-electron chi connectivity index (χ2n) is 7.35. The molecular formula is C17H21F3N2O3S. The molecule has 0 aromatic heterocycles. The first-order valence-electron chi connectivity index (χ1n) is 8.38. The highest BCUT2D eigenvalue weighted by molar-refractivity contribution is 7.90. The molecule has 9 heteroatoms. The van der Waals surface area contributed by atoms with Gasteiger partial charge in [-0.15, -0.1) is 0 Å². The van der Waals surface area contributed by atoms with Crippen molar-refractivity contribution in [3.63, 3.8) is 0 Å². The van der Waals surface area contributed by atoms with Crippen LogP contribution in [0.15, 0.2) is 23.1 Å². The van der Waals surface area contributed by atoms with E-state index in [0.717, 1.165) is 12.3 Å². The van der Waals surface area contributed by atoms with Gasteiger partial charge in [0.1, 0.15) is 10.7 Å². The number of amides is 1. The van der Waals surface area contributed by atoms with Gasteiger partial charge >= 0.3 is 0 Å². The monoisotopic (exact) mass is 390 g/mol. The van der Waals surface area contributed by atoms with Gasteiger partial charge in [-0.1, -0.05) is 6.07 Å². The van der Waals surface area contributed by atoms with Crippen LogP contribution in [-0.2, 0) is 21.2 Å². The summed E-state index contributed by atoms with van der Waals surface area (Å²) in [6.45, 7) is 0.156. The molecule has 1 atom stereocenters. The zero-order valence-electron chi connectivity index (χ0n) is 14.4. The van der Waals surface area contributed by atoms with E-state index in [2.05, 4.69) is 5.32 Å². The Bertz CT molecular complexity index is 829. The van der Waals surface area contributed by atoms with Crippen LogP contribution in [0.4, 0.5) is 13.2 Å². The summed E-state index contributed by atoms with van der Waals surface area (Å²) in [6.07, 6.45) is 1.44. The number of piperidine rings is 2. The molecule has 1 amide bonds. The Morgan fingerprint density at radius 2 is 2.00 bits per heavy atom. The highest BCUT2D eigenvalue weighted by Gasteiger charge is 2.53. The fraction of sp³-hybridized carbons (Fsp3) is 0.588. The van der Waals surface area contributed by atoms with E-state index in [0.29, 0.717) is 24.9 Å². The third-order valence-electron chi connectivity index (χ3n) is 4.98. The van der Waals surface area contributed by atoms with Crippen molar-refractivity contribution >= 4 is 15.7 Å². The number of alkyl halides is 2. The normalized spacial score (nSPS) is 26.7. The van der Waals surface area contributed by atoms with E-state index in [-0.39, 0.29) is 19.0 Å². The number of nitrogens with one attached hydrogen (secondary N) is 1. The SMILES string of the molecule is CS(=O)(=O)c1cc(CN2CC(F)(F)C[C@@]3(CCCNC3=O)C2)ccc1F. The summed E-state index contributed by atoms with van der Waals surface area (Å²) < 4.78 is 65.7. The van der Waals surface area contributed by atoms with Crippen LogP contribution in [0.2, 0.25) is 0 Å². The highest BCUT2D eigenvalue weighted by atomic mass is 32.2. The maximum atomic E-state index is 14.3. The van der Waals surface area contributed by atoms with Crippen molar-refractivity contribution in [2.45, 2.75) is 36.6 Å². The molecule has 1 spiro atoms. The number of carbonyl (C=O) groups excluding carboxylic acids is 1. The van der Waals surface area contributed by atoms with Gasteiger partial charge in [0, 0.05) is 32.3 Å². The van der Waals surface area contributed by atoms with Gasteiger partial charge in [-0.3, -0.25) is 9.69 Å². The molecule has 5 nitrogen and oxygen atoms in total. The van der Waals surface area contributed by atoms with Crippen molar-refractivity contribution in [2.75, 3.05) is 25.9 Å². The smallest absolute Gasteiger partial charge is 0.261 e. The Hall–Kier alpha value is -1.61. The van der Waals surface area contributed by atoms with Gasteiger partial charge in [-0.25, -0.2) is 21.6 Å². The van der Waals surface area contributed by atoms with Crippen LogP contribution < -0.4 is 5.32 Å². The fourth-order valence-corrected chi connectivity index (χ4v) is 4.76. The second kappa shape index (κ2) is 6.53. The molecule has 1 N–H and O–H groups in total. The summed E-state index contributed by atoms with van der Waals surface area (Å²) in [7, 11) is -3.76. The lowest BCUT2D eigenvalue weighted by atomic mass is 9.72. The second-order valence-corrected chi connectivity index (χ2v) is 9.34. The van der Waals surface area contributed by atoms with Crippen molar-refractivity contribution in [3.05, 3.63) is 29.6 Å². The fourth-order valence-electron chi connectivity index (χ4n) is 3.97. The molecular weight excluding hydrogens is 369 g/mol. The summed E-state index contributed by atoms with van der Waals surface area (Å²) >= 11 is 0. The third-order valence-corrected chi connectivity index (χ3v) is 6.09. The van der Waals surface area contributed by atoms with E-state index in [1.807, 2.05) is 0 Å². The minimum Gasteiger partial charge on any atom is -0.356 e. The molecule has 0 aliphatic carbocycles. The van der Waals surface area contributed by atoms with Crippen LogP contribution in [0.3, 0.4) is 0 Å². The average Bonchev–Trinajstić information content (AvgIpc) is 2.50. The largest absolute Gasteiger partial charge is 0.356 e. The minimum absolute atomic E-state index is 0.0212.